The van der Waals surface area contributed by atoms with Crippen LogP contribution in [0.3, 0.4) is 0 Å². The predicted octanol–water partition coefficient (Wildman–Crippen LogP) is 2.34. The zero-order valence-corrected chi connectivity index (χ0v) is 12.1. The van der Waals surface area contributed by atoms with Gasteiger partial charge in [0.15, 0.2) is 0 Å². The second kappa shape index (κ2) is 6.48. The van der Waals surface area contributed by atoms with Crippen molar-refractivity contribution in [3.8, 4) is 11.3 Å². The molecule has 2 rings (SSSR count). The first-order valence-electron chi connectivity index (χ1n) is 6.98. The van der Waals surface area contributed by atoms with Crippen molar-refractivity contribution in [2.45, 2.75) is 33.1 Å². The summed E-state index contributed by atoms with van der Waals surface area (Å²) in [6, 6.07) is 8.36. The van der Waals surface area contributed by atoms with Gasteiger partial charge in [0.2, 0.25) is 0 Å². The number of benzene rings is 1. The fourth-order valence-corrected chi connectivity index (χ4v) is 2.21. The van der Waals surface area contributed by atoms with E-state index >= 15 is 0 Å². The second-order valence-electron chi connectivity index (χ2n) is 5.09. The van der Waals surface area contributed by atoms with Crippen molar-refractivity contribution < 1.29 is 0 Å². The average Bonchev–Trinajstić information content (AvgIpc) is 2.46. The van der Waals surface area contributed by atoms with Crippen molar-refractivity contribution in [3.63, 3.8) is 0 Å². The van der Waals surface area contributed by atoms with Crippen LogP contribution in [0.25, 0.3) is 11.3 Å². The van der Waals surface area contributed by atoms with Crippen LogP contribution in [-0.4, -0.2) is 16.7 Å². The third-order valence-corrected chi connectivity index (χ3v) is 3.67. The van der Waals surface area contributed by atoms with Gasteiger partial charge in [-0.3, -0.25) is 4.79 Å². The van der Waals surface area contributed by atoms with Gasteiger partial charge in [0, 0.05) is 11.1 Å². The maximum Gasteiger partial charge on any atom is 0.267 e. The topological polar surface area (TPSA) is 71.8 Å². The van der Waals surface area contributed by atoms with Crippen molar-refractivity contribution in [1.29, 1.82) is 0 Å². The van der Waals surface area contributed by atoms with Gasteiger partial charge < -0.3 is 5.73 Å². The Morgan fingerprint density at radius 2 is 1.80 bits per heavy atom. The fraction of sp³-hybridized carbons (Fsp3) is 0.375. The number of rotatable bonds is 5. The third kappa shape index (κ3) is 3.14. The molecule has 0 saturated carbocycles. The molecule has 1 aromatic carbocycles. The highest BCUT2D eigenvalue weighted by Crippen LogP contribution is 2.21. The van der Waals surface area contributed by atoms with Gasteiger partial charge in [-0.2, -0.15) is 5.10 Å². The van der Waals surface area contributed by atoms with Crippen LogP contribution in [0.5, 0.6) is 0 Å². The molecule has 0 aliphatic carbocycles. The van der Waals surface area contributed by atoms with Gasteiger partial charge in [0.05, 0.1) is 5.69 Å². The Labute approximate surface area is 119 Å². The Morgan fingerprint density at radius 3 is 2.45 bits per heavy atom. The summed E-state index contributed by atoms with van der Waals surface area (Å²) in [4.78, 5) is 11.5. The van der Waals surface area contributed by atoms with Gasteiger partial charge in [-0.15, -0.1) is 0 Å². The van der Waals surface area contributed by atoms with Gasteiger partial charge in [0.25, 0.3) is 5.56 Å². The van der Waals surface area contributed by atoms with Crippen LogP contribution >= 0.6 is 0 Å². The fourth-order valence-electron chi connectivity index (χ4n) is 2.21. The lowest BCUT2D eigenvalue weighted by atomic mass is 10.0. The molecule has 0 radical (unpaired) electrons. The minimum Gasteiger partial charge on any atom is -0.330 e. The maximum absolute atomic E-state index is 11.5. The van der Waals surface area contributed by atoms with Gasteiger partial charge in [-0.05, 0) is 50.8 Å². The van der Waals surface area contributed by atoms with E-state index in [4.69, 9.17) is 5.73 Å². The van der Waals surface area contributed by atoms with Crippen LogP contribution in [0.2, 0.25) is 0 Å². The number of aromatic nitrogens is 2. The van der Waals surface area contributed by atoms with Gasteiger partial charge in [-0.1, -0.05) is 24.3 Å². The quantitative estimate of drug-likeness (QED) is 0.820. The van der Waals surface area contributed by atoms with Crippen LogP contribution < -0.4 is 11.3 Å². The number of hydrogen-bond acceptors (Lipinski definition) is 3. The molecule has 0 aliphatic heterocycles. The molecule has 0 atom stereocenters. The zero-order valence-electron chi connectivity index (χ0n) is 12.1. The monoisotopic (exact) mass is 271 g/mol. The molecule has 4 heteroatoms. The van der Waals surface area contributed by atoms with Crippen molar-refractivity contribution in [3.05, 3.63) is 51.3 Å². The maximum atomic E-state index is 11.5. The standard InChI is InChI=1S/C16H21N3O/c1-11-12(2)16(20)19-18-15(11)14-8-6-13(7-9-14)5-3-4-10-17/h6-9H,3-5,10,17H2,1-2H3,(H,19,20). The molecule has 0 aliphatic rings. The van der Waals surface area contributed by atoms with E-state index in [0.717, 1.165) is 48.2 Å². The number of nitrogens with zero attached hydrogens (tertiary/aromatic N) is 1. The van der Waals surface area contributed by atoms with Gasteiger partial charge in [-0.25, -0.2) is 5.10 Å². The Bertz CT molecular complexity index is 629. The molecule has 1 aromatic heterocycles. The number of nitrogens with one attached hydrogen (secondary N) is 1. The molecule has 0 fully saturated rings. The number of H-pyrrole nitrogens is 1. The van der Waals surface area contributed by atoms with Gasteiger partial charge >= 0.3 is 0 Å². The van der Waals surface area contributed by atoms with E-state index in [-0.39, 0.29) is 5.56 Å². The predicted molar refractivity (Wildman–Crippen MR) is 81.8 cm³/mol. The van der Waals surface area contributed by atoms with Gasteiger partial charge in [0.1, 0.15) is 0 Å². The van der Waals surface area contributed by atoms with E-state index in [2.05, 4.69) is 34.5 Å². The number of unbranched alkanes of at least 4 members (excludes halogenated alkanes) is 1. The summed E-state index contributed by atoms with van der Waals surface area (Å²) < 4.78 is 0. The molecule has 0 unspecified atom stereocenters. The summed E-state index contributed by atoms with van der Waals surface area (Å²) in [5.74, 6) is 0. The highest BCUT2D eigenvalue weighted by Gasteiger charge is 2.08. The molecule has 4 nitrogen and oxygen atoms in total. The summed E-state index contributed by atoms with van der Waals surface area (Å²) in [6.07, 6.45) is 3.22. The molecule has 0 amide bonds. The minimum atomic E-state index is -0.121. The highest BCUT2D eigenvalue weighted by molar-refractivity contribution is 5.63. The molecule has 1 heterocycles. The molecular formula is C16H21N3O. The van der Waals surface area contributed by atoms with Crippen molar-refractivity contribution >= 4 is 0 Å². The number of aromatic amines is 1. The highest BCUT2D eigenvalue weighted by atomic mass is 16.1. The number of aryl methyl sites for hydroxylation is 1. The Balaban J connectivity index is 2.22. The normalized spacial score (nSPS) is 10.8. The molecule has 20 heavy (non-hydrogen) atoms. The van der Waals surface area contributed by atoms with Crippen LogP contribution in [-0.2, 0) is 6.42 Å². The van der Waals surface area contributed by atoms with E-state index in [0.29, 0.717) is 0 Å². The van der Waals surface area contributed by atoms with E-state index in [9.17, 15) is 4.79 Å². The molecule has 106 valence electrons. The first-order chi connectivity index (χ1) is 9.63. The Morgan fingerprint density at radius 1 is 1.10 bits per heavy atom. The van der Waals surface area contributed by atoms with E-state index in [1.807, 2.05) is 13.8 Å². The third-order valence-electron chi connectivity index (χ3n) is 3.67. The molecule has 0 spiro atoms. The Hall–Kier alpha value is -1.94. The van der Waals surface area contributed by atoms with Crippen LogP contribution in [0.15, 0.2) is 29.1 Å². The molecular weight excluding hydrogens is 250 g/mol. The van der Waals surface area contributed by atoms with Crippen LogP contribution in [0.1, 0.15) is 29.5 Å². The molecule has 3 N–H and O–H groups in total. The molecule has 2 aromatic rings. The SMILES string of the molecule is Cc1c(-c2ccc(CCCCN)cc2)n[nH]c(=O)c1C. The van der Waals surface area contributed by atoms with E-state index in [1.165, 1.54) is 5.56 Å². The first kappa shape index (κ1) is 14.5. The summed E-state index contributed by atoms with van der Waals surface area (Å²) in [5.41, 5.74) is 10.2. The average molecular weight is 271 g/mol. The summed E-state index contributed by atoms with van der Waals surface area (Å²) in [6.45, 7) is 4.50. The first-order valence-corrected chi connectivity index (χ1v) is 6.98. The number of nitrogens with two attached hydrogens (primary N) is 1. The summed E-state index contributed by atoms with van der Waals surface area (Å²) in [7, 11) is 0. The Kier molecular flexibility index (Phi) is 4.69. The number of hydrogen-bond donors (Lipinski definition) is 2. The largest absolute Gasteiger partial charge is 0.330 e. The van der Waals surface area contributed by atoms with E-state index < -0.39 is 0 Å². The smallest absolute Gasteiger partial charge is 0.267 e. The van der Waals surface area contributed by atoms with Crippen LogP contribution in [0.4, 0.5) is 0 Å². The summed E-state index contributed by atoms with van der Waals surface area (Å²) >= 11 is 0. The minimum absolute atomic E-state index is 0.121. The van der Waals surface area contributed by atoms with Crippen molar-refractivity contribution in [2.24, 2.45) is 5.73 Å². The molecule has 0 saturated heterocycles. The lowest BCUT2D eigenvalue weighted by Crippen LogP contribution is -2.14. The summed E-state index contributed by atoms with van der Waals surface area (Å²) in [5, 5.41) is 6.70. The second-order valence-corrected chi connectivity index (χ2v) is 5.09. The molecule has 0 bridgehead atoms. The zero-order chi connectivity index (χ0) is 14.5. The lowest BCUT2D eigenvalue weighted by Gasteiger charge is -2.07. The van der Waals surface area contributed by atoms with Crippen molar-refractivity contribution in [2.75, 3.05) is 6.54 Å². The lowest BCUT2D eigenvalue weighted by molar-refractivity contribution is 0.745. The van der Waals surface area contributed by atoms with E-state index in [1.54, 1.807) is 0 Å². The van der Waals surface area contributed by atoms with Crippen molar-refractivity contribution in [1.82, 2.24) is 10.2 Å². The van der Waals surface area contributed by atoms with Crippen LogP contribution in [0, 0.1) is 13.8 Å².